The first-order valence-corrected chi connectivity index (χ1v) is 11.0. The number of aryl methyl sites for hydroxylation is 1. The van der Waals surface area contributed by atoms with Crippen molar-refractivity contribution in [3.8, 4) is 5.75 Å². The van der Waals surface area contributed by atoms with Crippen molar-refractivity contribution in [1.29, 1.82) is 0 Å². The molecule has 0 spiro atoms. The van der Waals surface area contributed by atoms with Gasteiger partial charge in [0.25, 0.3) is 5.91 Å². The van der Waals surface area contributed by atoms with E-state index in [9.17, 15) is 9.59 Å². The van der Waals surface area contributed by atoms with Crippen LogP contribution in [0.25, 0.3) is 10.9 Å². The summed E-state index contributed by atoms with van der Waals surface area (Å²) in [7, 11) is 5.10. The molecule has 0 N–H and O–H groups in total. The number of fused-ring (bicyclic) bond motifs is 1. The van der Waals surface area contributed by atoms with Crippen LogP contribution in [0, 0.1) is 6.92 Å². The molecule has 0 bridgehead atoms. The molecule has 0 aliphatic carbocycles. The van der Waals surface area contributed by atoms with Crippen molar-refractivity contribution in [3.05, 3.63) is 70.9 Å². The van der Waals surface area contributed by atoms with E-state index < -0.39 is 6.10 Å². The van der Waals surface area contributed by atoms with Gasteiger partial charge >= 0.3 is 0 Å². The van der Waals surface area contributed by atoms with Crippen LogP contribution in [0.3, 0.4) is 0 Å². The fourth-order valence-electron chi connectivity index (χ4n) is 4.17. The molecule has 33 heavy (non-hydrogen) atoms. The highest BCUT2D eigenvalue weighted by Gasteiger charge is 2.28. The Labute approximate surface area is 193 Å². The van der Waals surface area contributed by atoms with Crippen LogP contribution in [0.1, 0.15) is 33.3 Å². The highest BCUT2D eigenvalue weighted by atomic mass is 16.5. The molecule has 1 atom stereocenters. The Morgan fingerprint density at radius 3 is 2.70 bits per heavy atom. The predicted octanol–water partition coefficient (Wildman–Crippen LogP) is 3.40. The minimum Gasteiger partial charge on any atom is -0.496 e. The first-order chi connectivity index (χ1) is 15.9. The van der Waals surface area contributed by atoms with Gasteiger partial charge in [-0.05, 0) is 36.2 Å². The second kappa shape index (κ2) is 9.58. The van der Waals surface area contributed by atoms with Crippen LogP contribution in [-0.4, -0.2) is 67.5 Å². The fourth-order valence-corrected chi connectivity index (χ4v) is 4.17. The number of benzene rings is 2. The van der Waals surface area contributed by atoms with E-state index in [0.29, 0.717) is 37.4 Å². The number of carbonyl (C=O) groups excluding carboxylic acids is 2. The first kappa shape index (κ1) is 22.7. The monoisotopic (exact) mass is 447 g/mol. The normalized spacial score (nSPS) is 16.0. The lowest BCUT2D eigenvalue weighted by atomic mass is 10.0. The van der Waals surface area contributed by atoms with Crippen LogP contribution < -0.4 is 4.74 Å². The second-order valence-electron chi connectivity index (χ2n) is 8.49. The van der Waals surface area contributed by atoms with Crippen molar-refractivity contribution in [3.63, 3.8) is 0 Å². The molecule has 7 heteroatoms. The van der Waals surface area contributed by atoms with Crippen molar-refractivity contribution in [2.75, 3.05) is 40.9 Å². The molecule has 1 aliphatic rings. The lowest BCUT2D eigenvalue weighted by Crippen LogP contribution is -2.43. The summed E-state index contributed by atoms with van der Waals surface area (Å²) in [4.78, 5) is 34.0. The number of hydrogen-bond donors (Lipinski definition) is 0. The number of carbonyl (C=O) groups is 2. The summed E-state index contributed by atoms with van der Waals surface area (Å²) in [6, 6.07) is 15.2. The van der Waals surface area contributed by atoms with Crippen molar-refractivity contribution in [1.82, 2.24) is 14.8 Å². The molecule has 1 aliphatic heterocycles. The molecule has 4 rings (SSSR count). The number of methoxy groups -OCH3 is 1. The number of amides is 2. The van der Waals surface area contributed by atoms with E-state index in [-0.39, 0.29) is 11.8 Å². The molecular weight excluding hydrogens is 418 g/mol. The molecule has 2 amide bonds. The van der Waals surface area contributed by atoms with Gasteiger partial charge in [-0.2, -0.15) is 0 Å². The molecule has 172 valence electrons. The standard InChI is InChI=1S/C26H29N3O4/c1-17-13-18(9-10-23(17)32-4)14-25(30)29-11-12-33-24(16-29)22-15-20(26(31)28(2)3)19-7-5-6-8-21(19)27-22/h5-10,13,15,24H,11-12,14,16H2,1-4H3/t24-/m1/s1. The quantitative estimate of drug-likeness (QED) is 0.600. The number of hydrogen-bond acceptors (Lipinski definition) is 5. The number of pyridine rings is 1. The zero-order valence-electron chi connectivity index (χ0n) is 19.5. The Morgan fingerprint density at radius 1 is 1.18 bits per heavy atom. The average Bonchev–Trinajstić information content (AvgIpc) is 2.83. The van der Waals surface area contributed by atoms with E-state index in [1.165, 1.54) is 0 Å². The van der Waals surface area contributed by atoms with Crippen LogP contribution in [0.5, 0.6) is 5.75 Å². The minimum absolute atomic E-state index is 0.0400. The molecule has 0 saturated carbocycles. The van der Waals surface area contributed by atoms with Gasteiger partial charge < -0.3 is 19.3 Å². The number of ether oxygens (including phenoxy) is 2. The molecule has 2 heterocycles. The topological polar surface area (TPSA) is 72.0 Å². The first-order valence-electron chi connectivity index (χ1n) is 11.0. The zero-order chi connectivity index (χ0) is 23.5. The molecule has 2 aromatic carbocycles. The summed E-state index contributed by atoms with van der Waals surface area (Å²) >= 11 is 0. The van der Waals surface area contributed by atoms with E-state index in [1.807, 2.05) is 54.3 Å². The van der Waals surface area contributed by atoms with Gasteiger partial charge in [-0.3, -0.25) is 9.59 Å². The SMILES string of the molecule is COc1ccc(CC(=O)N2CCO[C@@H](c3cc(C(=O)N(C)C)c4ccccc4n3)C2)cc1C. The molecule has 3 aromatic rings. The number of morpholine rings is 1. The lowest BCUT2D eigenvalue weighted by Gasteiger charge is -2.33. The van der Waals surface area contributed by atoms with E-state index in [4.69, 9.17) is 14.5 Å². The second-order valence-corrected chi connectivity index (χ2v) is 8.49. The minimum atomic E-state index is -0.390. The maximum absolute atomic E-state index is 13.0. The summed E-state index contributed by atoms with van der Waals surface area (Å²) < 4.78 is 11.3. The Bertz CT molecular complexity index is 1190. The maximum Gasteiger partial charge on any atom is 0.254 e. The third-order valence-electron chi connectivity index (χ3n) is 5.94. The Morgan fingerprint density at radius 2 is 1.97 bits per heavy atom. The van der Waals surface area contributed by atoms with E-state index in [1.54, 1.807) is 32.2 Å². The summed E-state index contributed by atoms with van der Waals surface area (Å²) in [5.41, 5.74) is 3.93. The van der Waals surface area contributed by atoms with Gasteiger partial charge in [-0.25, -0.2) is 4.98 Å². The Hall–Kier alpha value is -3.45. The third-order valence-corrected chi connectivity index (χ3v) is 5.94. The van der Waals surface area contributed by atoms with Gasteiger partial charge in [0.15, 0.2) is 0 Å². The summed E-state index contributed by atoms with van der Waals surface area (Å²) in [5.74, 6) is 0.759. The van der Waals surface area contributed by atoms with Crippen molar-refractivity contribution < 1.29 is 19.1 Å². The van der Waals surface area contributed by atoms with Gasteiger partial charge in [0, 0.05) is 26.0 Å². The van der Waals surface area contributed by atoms with Crippen LogP contribution >= 0.6 is 0 Å². The van der Waals surface area contributed by atoms with Gasteiger partial charge in [0.2, 0.25) is 5.91 Å². The summed E-state index contributed by atoms with van der Waals surface area (Å²) in [6.45, 7) is 3.32. The third kappa shape index (κ3) is 4.83. The van der Waals surface area contributed by atoms with Crippen LogP contribution in [0.15, 0.2) is 48.5 Å². The van der Waals surface area contributed by atoms with E-state index in [0.717, 1.165) is 27.8 Å². The highest BCUT2D eigenvalue weighted by Crippen LogP contribution is 2.27. The number of nitrogens with zero attached hydrogens (tertiary/aromatic N) is 3. The van der Waals surface area contributed by atoms with Gasteiger partial charge in [0.1, 0.15) is 11.9 Å². The van der Waals surface area contributed by atoms with Crippen molar-refractivity contribution in [2.24, 2.45) is 0 Å². The molecule has 1 fully saturated rings. The van der Waals surface area contributed by atoms with Crippen LogP contribution in [0.2, 0.25) is 0 Å². The van der Waals surface area contributed by atoms with Crippen molar-refractivity contribution >= 4 is 22.7 Å². The molecular formula is C26H29N3O4. The number of rotatable bonds is 5. The predicted molar refractivity (Wildman–Crippen MR) is 126 cm³/mol. The van der Waals surface area contributed by atoms with Crippen LogP contribution in [-0.2, 0) is 16.0 Å². The van der Waals surface area contributed by atoms with E-state index >= 15 is 0 Å². The van der Waals surface area contributed by atoms with Gasteiger partial charge in [-0.1, -0.05) is 30.3 Å². The highest BCUT2D eigenvalue weighted by molar-refractivity contribution is 6.06. The Balaban J connectivity index is 1.56. The smallest absolute Gasteiger partial charge is 0.254 e. The van der Waals surface area contributed by atoms with Crippen molar-refractivity contribution in [2.45, 2.75) is 19.4 Å². The fraction of sp³-hybridized carbons (Fsp3) is 0.346. The average molecular weight is 448 g/mol. The maximum atomic E-state index is 13.0. The summed E-state index contributed by atoms with van der Waals surface area (Å²) in [5, 5.41) is 0.804. The van der Waals surface area contributed by atoms with E-state index in [2.05, 4.69) is 0 Å². The van der Waals surface area contributed by atoms with Crippen LogP contribution in [0.4, 0.5) is 0 Å². The molecule has 1 aromatic heterocycles. The largest absolute Gasteiger partial charge is 0.496 e. The molecule has 0 radical (unpaired) electrons. The molecule has 1 saturated heterocycles. The zero-order valence-corrected chi connectivity index (χ0v) is 19.5. The number of aromatic nitrogens is 1. The van der Waals surface area contributed by atoms with Gasteiger partial charge in [-0.15, -0.1) is 0 Å². The summed E-state index contributed by atoms with van der Waals surface area (Å²) in [6.07, 6.45) is -0.0776. The molecule has 7 nitrogen and oxygen atoms in total. The lowest BCUT2D eigenvalue weighted by molar-refractivity contribution is -0.138. The van der Waals surface area contributed by atoms with Gasteiger partial charge in [0.05, 0.1) is 43.5 Å². The Kier molecular flexibility index (Phi) is 6.60. The molecule has 0 unspecified atom stereocenters. The number of para-hydroxylation sites is 1.